The van der Waals surface area contributed by atoms with E-state index in [9.17, 15) is 18.3 Å². The predicted molar refractivity (Wildman–Crippen MR) is 54.0 cm³/mol. The van der Waals surface area contributed by atoms with Crippen LogP contribution in [-0.4, -0.2) is 10.7 Å². The van der Waals surface area contributed by atoms with Crippen LogP contribution in [0.25, 0.3) is 0 Å². The van der Waals surface area contributed by atoms with Gasteiger partial charge < -0.3 is 5.11 Å². The van der Waals surface area contributed by atoms with Crippen LogP contribution in [0.4, 0.5) is 13.2 Å². The maximum atomic E-state index is 13.4. The zero-order valence-corrected chi connectivity index (χ0v) is 8.93. The molecule has 0 atom stereocenters. The van der Waals surface area contributed by atoms with E-state index in [0.29, 0.717) is 24.8 Å². The molecule has 0 aromatic heterocycles. The van der Waals surface area contributed by atoms with Crippen molar-refractivity contribution in [3.63, 3.8) is 0 Å². The summed E-state index contributed by atoms with van der Waals surface area (Å²) in [5.41, 5.74) is -0.439. The Bertz CT molecular complexity index is 388. The average molecular weight is 230 g/mol. The Balaban J connectivity index is 2.29. The van der Waals surface area contributed by atoms with Gasteiger partial charge in [-0.25, -0.2) is 13.2 Å². The number of hydrogen-bond donors (Lipinski definition) is 1. The Labute approximate surface area is 91.9 Å². The molecule has 0 amide bonds. The molecule has 0 saturated heterocycles. The second-order valence-corrected chi connectivity index (χ2v) is 4.51. The number of rotatable bonds is 3. The molecule has 1 aromatic carbocycles. The molecule has 1 N–H and O–H groups in total. The minimum atomic E-state index is -2.79. The van der Waals surface area contributed by atoms with E-state index < -0.39 is 23.4 Å². The normalized spacial score (nSPS) is 17.9. The van der Waals surface area contributed by atoms with Crippen LogP contribution in [0, 0.1) is 12.7 Å². The molecule has 16 heavy (non-hydrogen) atoms. The summed E-state index contributed by atoms with van der Waals surface area (Å²) in [5.74, 6) is -0.880. The highest BCUT2D eigenvalue weighted by molar-refractivity contribution is 5.34. The highest BCUT2D eigenvalue weighted by atomic mass is 19.3. The zero-order chi connectivity index (χ0) is 11.9. The summed E-state index contributed by atoms with van der Waals surface area (Å²) < 4.78 is 38.4. The van der Waals surface area contributed by atoms with Gasteiger partial charge in [-0.05, 0) is 37.0 Å². The Morgan fingerprint density at radius 1 is 1.38 bits per heavy atom. The van der Waals surface area contributed by atoms with Crippen LogP contribution < -0.4 is 0 Å². The number of aliphatic hydroxyl groups is 1. The first-order valence-corrected chi connectivity index (χ1v) is 5.21. The molecule has 0 radical (unpaired) electrons. The first-order chi connectivity index (χ1) is 7.41. The first kappa shape index (κ1) is 11.5. The van der Waals surface area contributed by atoms with Crippen LogP contribution in [-0.2, 0) is 6.42 Å². The van der Waals surface area contributed by atoms with Gasteiger partial charge in [0.2, 0.25) is 0 Å². The second kappa shape index (κ2) is 3.77. The smallest absolute Gasteiger partial charge is 0.266 e. The van der Waals surface area contributed by atoms with E-state index in [4.69, 9.17) is 0 Å². The number of benzene rings is 1. The quantitative estimate of drug-likeness (QED) is 0.845. The van der Waals surface area contributed by atoms with Gasteiger partial charge in [0.1, 0.15) is 5.82 Å². The number of aryl methyl sites for hydroxylation is 1. The van der Waals surface area contributed by atoms with Gasteiger partial charge >= 0.3 is 0 Å². The summed E-state index contributed by atoms with van der Waals surface area (Å²) in [5, 5.41) is 9.67. The molecule has 88 valence electrons. The van der Waals surface area contributed by atoms with E-state index >= 15 is 0 Å². The average Bonchev–Trinajstić information content (AvgIpc) is 2.80. The maximum Gasteiger partial charge on any atom is 0.266 e. The summed E-state index contributed by atoms with van der Waals surface area (Å²) >= 11 is 0. The summed E-state index contributed by atoms with van der Waals surface area (Å²) in [4.78, 5) is 0. The highest BCUT2D eigenvalue weighted by Gasteiger charge is 2.40. The van der Waals surface area contributed by atoms with Gasteiger partial charge in [0.25, 0.3) is 6.43 Å². The Hall–Kier alpha value is -1.03. The van der Waals surface area contributed by atoms with E-state index in [-0.39, 0.29) is 5.56 Å². The molecule has 0 bridgehead atoms. The van der Waals surface area contributed by atoms with E-state index in [1.54, 1.807) is 0 Å². The molecule has 0 unspecified atom stereocenters. The lowest BCUT2D eigenvalue weighted by Crippen LogP contribution is -2.11. The van der Waals surface area contributed by atoms with Gasteiger partial charge in [-0.3, -0.25) is 0 Å². The third-order valence-corrected chi connectivity index (χ3v) is 2.97. The molecule has 1 fully saturated rings. The van der Waals surface area contributed by atoms with Gasteiger partial charge in [-0.2, -0.15) is 0 Å². The van der Waals surface area contributed by atoms with E-state index in [2.05, 4.69) is 0 Å². The molecule has 1 aliphatic carbocycles. The van der Waals surface area contributed by atoms with Crippen LogP contribution in [0.2, 0.25) is 0 Å². The molecule has 4 heteroatoms. The molecular weight excluding hydrogens is 217 g/mol. The topological polar surface area (TPSA) is 20.2 Å². The lowest BCUT2D eigenvalue weighted by atomic mass is 10.00. The largest absolute Gasteiger partial charge is 0.390 e. The fourth-order valence-corrected chi connectivity index (χ4v) is 1.91. The monoisotopic (exact) mass is 230 g/mol. The molecule has 0 aliphatic heterocycles. The standard InChI is InChI=1S/C12H13F3O/c1-7-4-8(6-12(16)2-3-12)5-9(13)10(7)11(14)15/h4-5,11,16H,2-3,6H2,1H3. The minimum absolute atomic E-state index is 0.245. The fourth-order valence-electron chi connectivity index (χ4n) is 1.91. The van der Waals surface area contributed by atoms with Crippen molar-refractivity contribution in [3.05, 3.63) is 34.6 Å². The van der Waals surface area contributed by atoms with E-state index in [0.717, 1.165) is 6.07 Å². The van der Waals surface area contributed by atoms with Crippen LogP contribution in [0.5, 0.6) is 0 Å². The van der Waals surface area contributed by atoms with Gasteiger partial charge in [0.05, 0.1) is 11.2 Å². The van der Waals surface area contributed by atoms with Crippen molar-refractivity contribution in [2.75, 3.05) is 0 Å². The molecule has 1 aliphatic rings. The predicted octanol–water partition coefficient (Wildman–Crippen LogP) is 3.14. The highest BCUT2D eigenvalue weighted by Crippen LogP contribution is 2.39. The number of hydrogen-bond acceptors (Lipinski definition) is 1. The van der Waals surface area contributed by atoms with Crippen LogP contribution >= 0.6 is 0 Å². The lowest BCUT2D eigenvalue weighted by Gasteiger charge is -2.12. The third-order valence-electron chi connectivity index (χ3n) is 2.97. The van der Waals surface area contributed by atoms with E-state index in [1.165, 1.54) is 13.0 Å². The van der Waals surface area contributed by atoms with Gasteiger partial charge in [-0.1, -0.05) is 6.07 Å². The summed E-state index contributed by atoms with van der Waals surface area (Å²) in [6, 6.07) is 2.63. The van der Waals surface area contributed by atoms with Crippen molar-refractivity contribution in [1.29, 1.82) is 0 Å². The maximum absolute atomic E-state index is 13.4. The van der Waals surface area contributed by atoms with Crippen molar-refractivity contribution in [3.8, 4) is 0 Å². The molecule has 1 saturated carbocycles. The Kier molecular flexibility index (Phi) is 2.70. The Morgan fingerprint density at radius 2 is 2.00 bits per heavy atom. The van der Waals surface area contributed by atoms with Crippen molar-refractivity contribution >= 4 is 0 Å². The Morgan fingerprint density at radius 3 is 2.44 bits per heavy atom. The molecule has 1 aromatic rings. The molecule has 0 spiro atoms. The number of alkyl halides is 2. The van der Waals surface area contributed by atoms with Crippen molar-refractivity contribution < 1.29 is 18.3 Å². The summed E-state index contributed by atoms with van der Waals surface area (Å²) in [7, 11) is 0. The van der Waals surface area contributed by atoms with E-state index in [1.807, 2.05) is 0 Å². The number of halogens is 3. The summed E-state index contributed by atoms with van der Waals surface area (Å²) in [6.07, 6.45) is -1.05. The molecular formula is C12H13F3O. The van der Waals surface area contributed by atoms with Crippen molar-refractivity contribution in [2.24, 2.45) is 0 Å². The van der Waals surface area contributed by atoms with Crippen molar-refractivity contribution in [2.45, 2.75) is 38.2 Å². The van der Waals surface area contributed by atoms with Gasteiger partial charge in [0, 0.05) is 6.42 Å². The zero-order valence-electron chi connectivity index (χ0n) is 8.93. The third kappa shape index (κ3) is 2.21. The van der Waals surface area contributed by atoms with Crippen LogP contribution in [0.1, 0.15) is 36.0 Å². The summed E-state index contributed by atoms with van der Waals surface area (Å²) in [6.45, 7) is 1.46. The van der Waals surface area contributed by atoms with Gasteiger partial charge in [-0.15, -0.1) is 0 Å². The molecule has 0 heterocycles. The minimum Gasteiger partial charge on any atom is -0.390 e. The SMILES string of the molecule is Cc1cc(CC2(O)CC2)cc(F)c1C(F)F. The molecule has 1 nitrogen and oxygen atoms in total. The second-order valence-electron chi connectivity index (χ2n) is 4.51. The molecule has 2 rings (SSSR count). The van der Waals surface area contributed by atoms with Crippen LogP contribution in [0.3, 0.4) is 0 Å². The van der Waals surface area contributed by atoms with Gasteiger partial charge in [0.15, 0.2) is 0 Å². The fraction of sp³-hybridized carbons (Fsp3) is 0.500. The van der Waals surface area contributed by atoms with Crippen molar-refractivity contribution in [1.82, 2.24) is 0 Å². The van der Waals surface area contributed by atoms with Crippen LogP contribution in [0.15, 0.2) is 12.1 Å². The lowest BCUT2D eigenvalue weighted by molar-refractivity contribution is 0.145. The first-order valence-electron chi connectivity index (χ1n) is 5.21.